The first-order valence-corrected chi connectivity index (χ1v) is 3.60. The highest BCUT2D eigenvalue weighted by atomic mass is 16.4. The average Bonchev–Trinajstić information content (AvgIpc) is 2.60. The van der Waals surface area contributed by atoms with Gasteiger partial charge in [-0.2, -0.15) is 0 Å². The molecule has 6 nitrogen and oxygen atoms in total. The lowest BCUT2D eigenvalue weighted by molar-refractivity contribution is -0.138. The van der Waals surface area contributed by atoms with Crippen LogP contribution in [0.25, 0.3) is 0 Å². The lowest BCUT2D eigenvalue weighted by atomic mass is 10.2. The second kappa shape index (κ2) is 6.15. The van der Waals surface area contributed by atoms with Crippen LogP contribution < -0.4 is 5.73 Å². The first kappa shape index (κ1) is 11.6. The maximum Gasteiger partial charge on any atom is 0.320 e. The Bertz CT molecular complexity index is 235. The zero-order valence-corrected chi connectivity index (χ0v) is 7.27. The maximum absolute atomic E-state index is 10.3. The van der Waals surface area contributed by atoms with E-state index in [-0.39, 0.29) is 6.42 Å². The van der Waals surface area contributed by atoms with E-state index in [4.69, 9.17) is 15.9 Å². The van der Waals surface area contributed by atoms with E-state index in [1.165, 1.54) is 6.33 Å². The number of rotatable bonds is 3. The summed E-state index contributed by atoms with van der Waals surface area (Å²) in [5.41, 5.74) is 6.00. The molecule has 0 saturated heterocycles. The van der Waals surface area contributed by atoms with Crippen molar-refractivity contribution >= 4 is 5.97 Å². The number of nitrogens with zero attached hydrogens (tertiary/aromatic N) is 1. The molecule has 0 aromatic carbocycles. The van der Waals surface area contributed by atoms with Gasteiger partial charge in [-0.3, -0.25) is 4.79 Å². The predicted octanol–water partition coefficient (Wildman–Crippen LogP) is -1.03. The van der Waals surface area contributed by atoms with Crippen molar-refractivity contribution in [2.24, 2.45) is 5.73 Å². The number of aromatic nitrogens is 2. The maximum atomic E-state index is 10.3. The third-order valence-electron chi connectivity index (χ3n) is 1.31. The fraction of sp³-hybridized carbons (Fsp3) is 0.429. The molecule has 74 valence electrons. The summed E-state index contributed by atoms with van der Waals surface area (Å²) in [6.07, 6.45) is 3.34. The molecule has 6 heteroatoms. The summed E-state index contributed by atoms with van der Waals surface area (Å²) < 4.78 is 0. The fourth-order valence-corrected chi connectivity index (χ4v) is 0.721. The van der Waals surface area contributed by atoms with E-state index in [0.29, 0.717) is 0 Å². The molecule has 13 heavy (non-hydrogen) atoms. The predicted molar refractivity (Wildman–Crippen MR) is 46.0 cm³/mol. The number of hydrogen-bond acceptors (Lipinski definition) is 4. The van der Waals surface area contributed by atoms with Crippen LogP contribution in [0.2, 0.25) is 0 Å². The van der Waals surface area contributed by atoms with Gasteiger partial charge >= 0.3 is 5.97 Å². The Kier molecular flexibility index (Phi) is 5.49. The molecule has 0 saturated carbocycles. The summed E-state index contributed by atoms with van der Waals surface area (Å²) >= 11 is 0. The molecule has 0 radical (unpaired) electrons. The second-order valence-electron chi connectivity index (χ2n) is 2.23. The Morgan fingerprint density at radius 1 is 1.77 bits per heavy atom. The molecule has 1 aromatic heterocycles. The standard InChI is InChI=1S/C6H9N3O2.CH4O/c7-5(6(10)11)1-4-2-8-3-9-4;1-2/h2-3,5H,1,7H2,(H,8,9)(H,10,11);2H,1H3/t5-;/m0./s1. The zero-order valence-electron chi connectivity index (χ0n) is 7.27. The molecular formula is C7H13N3O3. The number of aliphatic hydroxyl groups excluding tert-OH is 1. The molecule has 1 rings (SSSR count). The SMILES string of the molecule is CO.N[C@@H](Cc1cnc[nH]1)C(=O)O. The monoisotopic (exact) mass is 187 g/mol. The summed E-state index contributed by atoms with van der Waals surface area (Å²) in [4.78, 5) is 16.8. The van der Waals surface area contributed by atoms with Crippen molar-refractivity contribution in [2.45, 2.75) is 12.5 Å². The minimum Gasteiger partial charge on any atom is -0.480 e. The summed E-state index contributed by atoms with van der Waals surface area (Å²) in [6, 6.07) is -0.851. The summed E-state index contributed by atoms with van der Waals surface area (Å²) in [7, 11) is 1.00. The number of carboxylic acids is 1. The van der Waals surface area contributed by atoms with Gasteiger partial charge in [0, 0.05) is 25.4 Å². The van der Waals surface area contributed by atoms with E-state index in [1.54, 1.807) is 6.20 Å². The third kappa shape index (κ3) is 4.24. The molecule has 1 atom stereocenters. The summed E-state index contributed by atoms with van der Waals surface area (Å²) in [5.74, 6) is -1.00. The number of nitrogens with two attached hydrogens (primary N) is 1. The van der Waals surface area contributed by atoms with E-state index < -0.39 is 12.0 Å². The third-order valence-corrected chi connectivity index (χ3v) is 1.31. The highest BCUT2D eigenvalue weighted by Gasteiger charge is 2.11. The van der Waals surface area contributed by atoms with Crippen molar-refractivity contribution in [1.29, 1.82) is 0 Å². The normalized spacial score (nSPS) is 11.3. The van der Waals surface area contributed by atoms with Crippen molar-refractivity contribution in [3.8, 4) is 0 Å². The molecule has 0 bridgehead atoms. The van der Waals surface area contributed by atoms with Crippen LogP contribution in [0.1, 0.15) is 5.69 Å². The largest absolute Gasteiger partial charge is 0.480 e. The molecule has 0 amide bonds. The van der Waals surface area contributed by atoms with E-state index in [2.05, 4.69) is 9.97 Å². The van der Waals surface area contributed by atoms with Gasteiger partial charge < -0.3 is 20.9 Å². The molecule has 1 heterocycles. The van der Waals surface area contributed by atoms with Crippen LogP contribution in [0.15, 0.2) is 12.5 Å². The zero-order chi connectivity index (χ0) is 10.3. The number of aliphatic carboxylic acids is 1. The number of hydrogen-bond donors (Lipinski definition) is 4. The van der Waals surface area contributed by atoms with E-state index in [0.717, 1.165) is 12.8 Å². The van der Waals surface area contributed by atoms with Gasteiger partial charge in [0.25, 0.3) is 0 Å². The summed E-state index contributed by atoms with van der Waals surface area (Å²) in [5, 5.41) is 15.4. The molecule has 1 aromatic rings. The van der Waals surface area contributed by atoms with Crippen LogP contribution in [-0.2, 0) is 11.2 Å². The molecule has 0 fully saturated rings. The van der Waals surface area contributed by atoms with Crippen molar-refractivity contribution in [2.75, 3.05) is 7.11 Å². The van der Waals surface area contributed by atoms with Gasteiger partial charge in [-0.15, -0.1) is 0 Å². The topological polar surface area (TPSA) is 112 Å². The molecule has 5 N–H and O–H groups in total. The molecule has 0 aliphatic heterocycles. The molecule has 0 spiro atoms. The molecule has 0 unspecified atom stereocenters. The Balaban J connectivity index is 0.000000671. The number of imidazole rings is 1. The number of aliphatic hydroxyl groups is 1. The van der Waals surface area contributed by atoms with E-state index in [1.807, 2.05) is 0 Å². The van der Waals surface area contributed by atoms with Crippen LogP contribution in [-0.4, -0.2) is 39.3 Å². The Hall–Kier alpha value is -1.40. The Morgan fingerprint density at radius 2 is 2.38 bits per heavy atom. The van der Waals surface area contributed by atoms with Crippen molar-refractivity contribution in [3.05, 3.63) is 18.2 Å². The molecule has 0 aliphatic rings. The highest BCUT2D eigenvalue weighted by molar-refractivity contribution is 5.73. The minimum atomic E-state index is -1.00. The Morgan fingerprint density at radius 3 is 2.77 bits per heavy atom. The first-order valence-electron chi connectivity index (χ1n) is 3.60. The average molecular weight is 187 g/mol. The van der Waals surface area contributed by atoms with Gasteiger partial charge in [0.15, 0.2) is 0 Å². The van der Waals surface area contributed by atoms with Gasteiger partial charge in [0.1, 0.15) is 6.04 Å². The van der Waals surface area contributed by atoms with E-state index in [9.17, 15) is 4.79 Å². The van der Waals surface area contributed by atoms with Crippen LogP contribution in [0, 0.1) is 0 Å². The van der Waals surface area contributed by atoms with Crippen LogP contribution >= 0.6 is 0 Å². The lowest BCUT2D eigenvalue weighted by Crippen LogP contribution is -2.32. The number of H-pyrrole nitrogens is 1. The van der Waals surface area contributed by atoms with Gasteiger partial charge in [0.2, 0.25) is 0 Å². The van der Waals surface area contributed by atoms with Gasteiger partial charge in [-0.25, -0.2) is 4.98 Å². The Labute approximate surface area is 75.4 Å². The van der Waals surface area contributed by atoms with Crippen LogP contribution in [0.5, 0.6) is 0 Å². The fourth-order valence-electron chi connectivity index (χ4n) is 0.721. The number of carbonyl (C=O) groups is 1. The lowest BCUT2D eigenvalue weighted by Gasteiger charge is -2.02. The minimum absolute atomic E-state index is 0.287. The number of carboxylic acid groups (broad SMARTS) is 1. The van der Waals surface area contributed by atoms with E-state index >= 15 is 0 Å². The smallest absolute Gasteiger partial charge is 0.320 e. The molecular weight excluding hydrogens is 174 g/mol. The van der Waals surface area contributed by atoms with Gasteiger partial charge in [0.05, 0.1) is 6.33 Å². The number of aromatic amines is 1. The quantitative estimate of drug-likeness (QED) is 0.483. The van der Waals surface area contributed by atoms with Crippen molar-refractivity contribution < 1.29 is 15.0 Å². The van der Waals surface area contributed by atoms with Crippen molar-refractivity contribution in [1.82, 2.24) is 9.97 Å². The van der Waals surface area contributed by atoms with Crippen LogP contribution in [0.4, 0.5) is 0 Å². The van der Waals surface area contributed by atoms with Gasteiger partial charge in [-0.05, 0) is 0 Å². The summed E-state index contributed by atoms with van der Waals surface area (Å²) in [6.45, 7) is 0. The first-order chi connectivity index (χ1) is 6.20. The number of nitrogens with one attached hydrogen (secondary N) is 1. The van der Waals surface area contributed by atoms with Gasteiger partial charge in [-0.1, -0.05) is 0 Å². The molecule has 0 aliphatic carbocycles. The highest BCUT2D eigenvalue weighted by Crippen LogP contribution is 1.95. The van der Waals surface area contributed by atoms with Crippen molar-refractivity contribution in [3.63, 3.8) is 0 Å². The second-order valence-corrected chi connectivity index (χ2v) is 2.23. The van der Waals surface area contributed by atoms with Crippen LogP contribution in [0.3, 0.4) is 0 Å².